The van der Waals surface area contributed by atoms with Crippen LogP contribution in [0.4, 0.5) is 5.69 Å². The molecule has 2 aromatic rings. The molecular formula is C22H28ClN3O5S. The molecule has 2 aromatic carbocycles. The van der Waals surface area contributed by atoms with E-state index in [-0.39, 0.29) is 12.5 Å². The highest BCUT2D eigenvalue weighted by atomic mass is 35.5. The molecule has 0 radical (unpaired) electrons. The van der Waals surface area contributed by atoms with E-state index >= 15 is 0 Å². The largest absolute Gasteiger partial charge is 0.497 e. The molecule has 1 atom stereocenters. The van der Waals surface area contributed by atoms with Crippen molar-refractivity contribution in [2.24, 2.45) is 0 Å². The topological polar surface area (TPSA) is 96.0 Å². The molecule has 32 heavy (non-hydrogen) atoms. The van der Waals surface area contributed by atoms with E-state index < -0.39 is 28.5 Å². The maximum absolute atomic E-state index is 13.4. The van der Waals surface area contributed by atoms with E-state index in [1.54, 1.807) is 56.3 Å². The van der Waals surface area contributed by atoms with Crippen LogP contribution in [0.2, 0.25) is 5.02 Å². The number of nitrogens with zero attached hydrogens (tertiary/aromatic N) is 2. The van der Waals surface area contributed by atoms with Gasteiger partial charge in [-0.05, 0) is 49.2 Å². The number of benzene rings is 2. The molecule has 1 N–H and O–H groups in total. The lowest BCUT2D eigenvalue weighted by atomic mass is 10.1. The molecule has 0 fully saturated rings. The van der Waals surface area contributed by atoms with Crippen LogP contribution in [0.3, 0.4) is 0 Å². The third-order valence-corrected chi connectivity index (χ3v) is 6.62. The fourth-order valence-electron chi connectivity index (χ4n) is 3.22. The number of anilines is 1. The first-order valence-corrected chi connectivity index (χ1v) is 12.1. The van der Waals surface area contributed by atoms with Crippen molar-refractivity contribution < 1.29 is 22.7 Å². The van der Waals surface area contributed by atoms with Crippen LogP contribution in [0.5, 0.6) is 5.75 Å². The molecule has 0 saturated heterocycles. The molecule has 0 saturated carbocycles. The van der Waals surface area contributed by atoms with Crippen molar-refractivity contribution in [1.29, 1.82) is 0 Å². The molecule has 0 unspecified atom stereocenters. The van der Waals surface area contributed by atoms with Crippen molar-refractivity contribution in [2.45, 2.75) is 26.4 Å². The predicted molar refractivity (Wildman–Crippen MR) is 125 cm³/mol. The fraction of sp³-hybridized carbons (Fsp3) is 0.364. The summed E-state index contributed by atoms with van der Waals surface area (Å²) in [5.41, 5.74) is 1.58. The van der Waals surface area contributed by atoms with Gasteiger partial charge in [0.15, 0.2) is 0 Å². The van der Waals surface area contributed by atoms with Gasteiger partial charge in [0.1, 0.15) is 18.3 Å². The number of sulfonamides is 1. The van der Waals surface area contributed by atoms with Crippen molar-refractivity contribution in [3.8, 4) is 5.75 Å². The van der Waals surface area contributed by atoms with Crippen LogP contribution in [-0.2, 0) is 26.2 Å². The van der Waals surface area contributed by atoms with Crippen molar-refractivity contribution >= 4 is 39.1 Å². The smallest absolute Gasteiger partial charge is 0.244 e. The lowest BCUT2D eigenvalue weighted by molar-refractivity contribution is -0.139. The van der Waals surface area contributed by atoms with E-state index in [1.807, 2.05) is 0 Å². The molecule has 0 aromatic heterocycles. The van der Waals surface area contributed by atoms with Crippen molar-refractivity contribution in [3.63, 3.8) is 0 Å². The van der Waals surface area contributed by atoms with Gasteiger partial charge in [-0.2, -0.15) is 0 Å². The molecule has 0 aliphatic carbocycles. The zero-order valence-corrected chi connectivity index (χ0v) is 20.3. The van der Waals surface area contributed by atoms with Crippen molar-refractivity contribution in [3.05, 3.63) is 58.6 Å². The van der Waals surface area contributed by atoms with Crippen molar-refractivity contribution in [1.82, 2.24) is 10.2 Å². The summed E-state index contributed by atoms with van der Waals surface area (Å²) in [5.74, 6) is -0.297. The van der Waals surface area contributed by atoms with E-state index in [9.17, 15) is 18.0 Å². The summed E-state index contributed by atoms with van der Waals surface area (Å²) in [7, 11) is -0.803. The Morgan fingerprint density at radius 1 is 1.19 bits per heavy atom. The average molecular weight is 482 g/mol. The van der Waals surface area contributed by atoms with E-state index in [4.69, 9.17) is 16.3 Å². The Balaban J connectivity index is 2.44. The first-order valence-electron chi connectivity index (χ1n) is 9.86. The summed E-state index contributed by atoms with van der Waals surface area (Å²) >= 11 is 6.17. The zero-order valence-electron chi connectivity index (χ0n) is 18.8. The number of amides is 2. The molecule has 0 spiro atoms. The number of nitrogens with one attached hydrogen (secondary N) is 1. The molecule has 0 bridgehead atoms. The number of carbonyl (C=O) groups is 2. The molecule has 2 amide bonds. The number of ether oxygens (including phenoxy) is 1. The van der Waals surface area contributed by atoms with Crippen LogP contribution >= 0.6 is 11.6 Å². The third-order valence-electron chi connectivity index (χ3n) is 5.09. The minimum absolute atomic E-state index is 0.0940. The second-order valence-corrected chi connectivity index (χ2v) is 9.63. The van der Waals surface area contributed by atoms with E-state index in [1.165, 1.54) is 19.1 Å². The molecule has 0 heterocycles. The molecule has 0 aliphatic rings. The standard InChI is InChI=1S/C22H28ClN3O5S/c1-15-19(23)10-7-11-20(15)26(32(5,29)30)14-21(27)25(16(2)22(28)24-3)13-17-8-6-9-18(12-17)31-4/h6-12,16H,13-14H2,1-5H3,(H,24,28)/t16-/m1/s1. The number of hydrogen-bond acceptors (Lipinski definition) is 5. The van der Waals surface area contributed by atoms with E-state index in [0.29, 0.717) is 22.0 Å². The van der Waals surface area contributed by atoms with Gasteiger partial charge in [0.25, 0.3) is 0 Å². The Bertz CT molecular complexity index is 1090. The normalized spacial score (nSPS) is 12.1. The maximum atomic E-state index is 13.4. The fourth-order valence-corrected chi connectivity index (χ4v) is 4.29. The van der Waals surface area contributed by atoms with Gasteiger partial charge in [-0.1, -0.05) is 29.8 Å². The molecule has 0 aliphatic heterocycles. The van der Waals surface area contributed by atoms with E-state index in [0.717, 1.165) is 16.1 Å². The quantitative estimate of drug-likeness (QED) is 0.594. The Morgan fingerprint density at radius 2 is 1.84 bits per heavy atom. The zero-order chi connectivity index (χ0) is 24.1. The highest BCUT2D eigenvalue weighted by Crippen LogP contribution is 2.28. The van der Waals surface area contributed by atoms with Gasteiger partial charge in [0, 0.05) is 18.6 Å². The first-order chi connectivity index (χ1) is 15.0. The van der Waals surface area contributed by atoms with Crippen LogP contribution in [0.25, 0.3) is 0 Å². The van der Waals surface area contributed by atoms with Gasteiger partial charge >= 0.3 is 0 Å². The Morgan fingerprint density at radius 3 is 2.44 bits per heavy atom. The van der Waals surface area contributed by atoms with Crippen LogP contribution in [-0.4, -0.2) is 58.1 Å². The molecular weight excluding hydrogens is 454 g/mol. The number of hydrogen-bond donors (Lipinski definition) is 1. The monoisotopic (exact) mass is 481 g/mol. The predicted octanol–water partition coefficient (Wildman–Crippen LogP) is 2.59. The second-order valence-electron chi connectivity index (χ2n) is 7.32. The number of likely N-dealkylation sites (N-methyl/N-ethyl adjacent to an activating group) is 1. The summed E-state index contributed by atoms with van der Waals surface area (Å²) < 4.78 is 31.4. The Labute approximate surface area is 194 Å². The SMILES string of the molecule is CNC(=O)[C@@H](C)N(Cc1cccc(OC)c1)C(=O)CN(c1cccc(Cl)c1C)S(C)(=O)=O. The highest BCUT2D eigenvalue weighted by molar-refractivity contribution is 7.92. The molecule has 10 heteroatoms. The Kier molecular flexibility index (Phi) is 8.51. The number of halogens is 1. The number of carbonyl (C=O) groups excluding carboxylic acids is 2. The Hall–Kier alpha value is -2.78. The van der Waals surface area contributed by atoms with Gasteiger partial charge in [0.2, 0.25) is 21.8 Å². The maximum Gasteiger partial charge on any atom is 0.244 e. The molecule has 174 valence electrons. The highest BCUT2D eigenvalue weighted by Gasteiger charge is 2.30. The third kappa shape index (κ3) is 6.14. The summed E-state index contributed by atoms with van der Waals surface area (Å²) in [5, 5.41) is 2.92. The first kappa shape index (κ1) is 25.5. The van der Waals surface area contributed by atoms with Gasteiger partial charge in [-0.3, -0.25) is 13.9 Å². The van der Waals surface area contributed by atoms with Gasteiger partial charge in [0.05, 0.1) is 19.1 Å². The van der Waals surface area contributed by atoms with Crippen molar-refractivity contribution in [2.75, 3.05) is 31.3 Å². The van der Waals surface area contributed by atoms with Gasteiger partial charge < -0.3 is 15.0 Å². The number of methoxy groups -OCH3 is 1. The van der Waals surface area contributed by atoms with Gasteiger partial charge in [-0.15, -0.1) is 0 Å². The van der Waals surface area contributed by atoms with Crippen LogP contribution in [0.15, 0.2) is 42.5 Å². The van der Waals surface area contributed by atoms with E-state index in [2.05, 4.69) is 5.32 Å². The van der Waals surface area contributed by atoms with Crippen LogP contribution in [0.1, 0.15) is 18.1 Å². The minimum atomic E-state index is -3.81. The molecule has 2 rings (SSSR count). The lowest BCUT2D eigenvalue weighted by Gasteiger charge is -2.31. The summed E-state index contributed by atoms with van der Waals surface area (Å²) in [6, 6.07) is 11.1. The second kappa shape index (κ2) is 10.7. The molecule has 8 nitrogen and oxygen atoms in total. The summed E-state index contributed by atoms with van der Waals surface area (Å²) in [6.45, 7) is 2.88. The summed E-state index contributed by atoms with van der Waals surface area (Å²) in [6.07, 6.45) is 1.02. The van der Waals surface area contributed by atoms with Crippen LogP contribution < -0.4 is 14.4 Å². The number of rotatable bonds is 9. The minimum Gasteiger partial charge on any atom is -0.497 e. The lowest BCUT2D eigenvalue weighted by Crippen LogP contribution is -2.50. The van der Waals surface area contributed by atoms with Crippen LogP contribution in [0, 0.1) is 6.92 Å². The summed E-state index contributed by atoms with van der Waals surface area (Å²) in [4.78, 5) is 27.0. The van der Waals surface area contributed by atoms with Gasteiger partial charge in [-0.25, -0.2) is 8.42 Å². The average Bonchev–Trinajstić information content (AvgIpc) is 2.76.